The molecule has 0 atom stereocenters. The number of nitrogens with zero attached hydrogens (tertiary/aromatic N) is 1. The smallest absolute Gasteiger partial charge is 0.223 e. The average molecular weight is 316 g/mol. The van der Waals surface area contributed by atoms with E-state index in [1.807, 2.05) is 41.3 Å². The third kappa shape index (κ3) is 5.53. The third-order valence-electron chi connectivity index (χ3n) is 3.56. The molecule has 0 saturated heterocycles. The Bertz CT molecular complexity index is 515. The van der Waals surface area contributed by atoms with Crippen molar-refractivity contribution in [3.63, 3.8) is 0 Å². The van der Waals surface area contributed by atoms with Gasteiger partial charge in [-0.15, -0.1) is 11.6 Å². The summed E-state index contributed by atoms with van der Waals surface area (Å²) in [7, 11) is 0. The summed E-state index contributed by atoms with van der Waals surface area (Å²) in [5.41, 5.74) is 2.31. The van der Waals surface area contributed by atoms with Crippen LogP contribution in [0.1, 0.15) is 30.4 Å². The predicted molar refractivity (Wildman–Crippen MR) is 91.7 cm³/mol. The van der Waals surface area contributed by atoms with Gasteiger partial charge in [0.2, 0.25) is 5.91 Å². The van der Waals surface area contributed by atoms with Gasteiger partial charge in [-0.2, -0.15) is 0 Å². The van der Waals surface area contributed by atoms with E-state index in [0.717, 1.165) is 24.0 Å². The number of halogens is 1. The first-order valence-electron chi connectivity index (χ1n) is 7.71. The SMILES string of the molecule is O=C(CCCCCl)N(Cc1ccccc1)Cc1ccccc1. The van der Waals surface area contributed by atoms with Crippen molar-refractivity contribution in [2.75, 3.05) is 5.88 Å². The molecule has 2 aromatic rings. The molecule has 0 aliphatic heterocycles. The average Bonchev–Trinajstić information content (AvgIpc) is 2.56. The molecule has 0 spiro atoms. The van der Waals surface area contributed by atoms with Gasteiger partial charge in [0, 0.05) is 25.4 Å². The lowest BCUT2D eigenvalue weighted by atomic mass is 10.1. The van der Waals surface area contributed by atoms with Gasteiger partial charge in [0.15, 0.2) is 0 Å². The molecule has 0 aromatic heterocycles. The minimum atomic E-state index is 0.192. The Kier molecular flexibility index (Phi) is 6.98. The normalized spacial score (nSPS) is 10.4. The molecule has 0 heterocycles. The van der Waals surface area contributed by atoms with Crippen LogP contribution in [0.5, 0.6) is 0 Å². The zero-order valence-corrected chi connectivity index (χ0v) is 13.5. The lowest BCUT2D eigenvalue weighted by Crippen LogP contribution is -2.29. The van der Waals surface area contributed by atoms with Gasteiger partial charge in [0.25, 0.3) is 0 Å². The Morgan fingerprint density at radius 1 is 0.818 bits per heavy atom. The Morgan fingerprint density at radius 2 is 1.32 bits per heavy atom. The summed E-state index contributed by atoms with van der Waals surface area (Å²) in [6.45, 7) is 1.30. The van der Waals surface area contributed by atoms with Gasteiger partial charge in [0.1, 0.15) is 0 Å². The number of unbranched alkanes of at least 4 members (excludes halogenated alkanes) is 1. The minimum absolute atomic E-state index is 0.192. The number of hydrogen-bond acceptors (Lipinski definition) is 1. The highest BCUT2D eigenvalue weighted by molar-refractivity contribution is 6.17. The Hall–Kier alpha value is -1.80. The van der Waals surface area contributed by atoms with E-state index < -0.39 is 0 Å². The summed E-state index contributed by atoms with van der Waals surface area (Å²) in [6, 6.07) is 20.3. The second kappa shape index (κ2) is 9.26. The molecule has 0 radical (unpaired) electrons. The van der Waals surface area contributed by atoms with Crippen LogP contribution in [0.3, 0.4) is 0 Å². The first-order chi connectivity index (χ1) is 10.8. The summed E-state index contributed by atoms with van der Waals surface area (Å²) in [4.78, 5) is 14.4. The fraction of sp³-hybridized carbons (Fsp3) is 0.316. The van der Waals surface area contributed by atoms with Gasteiger partial charge in [-0.05, 0) is 24.0 Å². The summed E-state index contributed by atoms with van der Waals surface area (Å²) in [5.74, 6) is 0.808. The molecule has 1 amide bonds. The topological polar surface area (TPSA) is 20.3 Å². The number of benzene rings is 2. The maximum atomic E-state index is 12.5. The van der Waals surface area contributed by atoms with Crippen molar-refractivity contribution in [2.24, 2.45) is 0 Å². The molecule has 22 heavy (non-hydrogen) atoms. The summed E-state index contributed by atoms with van der Waals surface area (Å²) in [6.07, 6.45) is 2.30. The van der Waals surface area contributed by atoms with Gasteiger partial charge < -0.3 is 4.90 Å². The summed E-state index contributed by atoms with van der Waals surface area (Å²) >= 11 is 5.70. The highest BCUT2D eigenvalue weighted by Gasteiger charge is 2.14. The van der Waals surface area contributed by atoms with Crippen molar-refractivity contribution in [2.45, 2.75) is 32.4 Å². The summed E-state index contributed by atoms with van der Waals surface area (Å²) < 4.78 is 0. The van der Waals surface area contributed by atoms with Crippen molar-refractivity contribution in [3.8, 4) is 0 Å². The maximum Gasteiger partial charge on any atom is 0.223 e. The Morgan fingerprint density at radius 3 is 1.77 bits per heavy atom. The number of carbonyl (C=O) groups is 1. The van der Waals surface area contributed by atoms with Gasteiger partial charge >= 0.3 is 0 Å². The highest BCUT2D eigenvalue weighted by atomic mass is 35.5. The van der Waals surface area contributed by atoms with Crippen molar-refractivity contribution in [1.29, 1.82) is 0 Å². The molecule has 0 fully saturated rings. The van der Waals surface area contributed by atoms with Crippen LogP contribution in [0, 0.1) is 0 Å². The molecule has 116 valence electrons. The molecule has 0 N–H and O–H groups in total. The first-order valence-corrected chi connectivity index (χ1v) is 8.24. The predicted octanol–water partition coefficient (Wildman–Crippen LogP) is 4.62. The quantitative estimate of drug-likeness (QED) is 0.514. The molecule has 0 unspecified atom stereocenters. The van der Waals surface area contributed by atoms with E-state index >= 15 is 0 Å². The Labute approximate surface area is 137 Å². The second-order valence-electron chi connectivity index (χ2n) is 5.37. The molecule has 0 aliphatic carbocycles. The molecule has 0 bridgehead atoms. The monoisotopic (exact) mass is 315 g/mol. The van der Waals surface area contributed by atoms with Crippen LogP contribution in [-0.4, -0.2) is 16.7 Å². The minimum Gasteiger partial charge on any atom is -0.334 e. The molecule has 0 saturated carbocycles. The van der Waals surface area contributed by atoms with Gasteiger partial charge in [0.05, 0.1) is 0 Å². The van der Waals surface area contributed by atoms with E-state index in [9.17, 15) is 4.79 Å². The molecule has 2 nitrogen and oxygen atoms in total. The first kappa shape index (κ1) is 16.6. The lowest BCUT2D eigenvalue weighted by Gasteiger charge is -2.23. The largest absolute Gasteiger partial charge is 0.334 e. The number of alkyl halides is 1. The van der Waals surface area contributed by atoms with E-state index in [-0.39, 0.29) is 5.91 Å². The molecule has 3 heteroatoms. The van der Waals surface area contributed by atoms with Gasteiger partial charge in [-0.1, -0.05) is 60.7 Å². The second-order valence-corrected chi connectivity index (χ2v) is 5.75. The van der Waals surface area contributed by atoms with Gasteiger partial charge in [-0.3, -0.25) is 4.79 Å². The van der Waals surface area contributed by atoms with Crippen LogP contribution in [0.15, 0.2) is 60.7 Å². The fourth-order valence-electron chi connectivity index (χ4n) is 2.37. The van der Waals surface area contributed by atoms with Crippen molar-refractivity contribution in [3.05, 3.63) is 71.8 Å². The highest BCUT2D eigenvalue weighted by Crippen LogP contribution is 2.13. The van der Waals surface area contributed by atoms with Crippen molar-refractivity contribution < 1.29 is 4.79 Å². The molecule has 2 rings (SSSR count). The van der Waals surface area contributed by atoms with Gasteiger partial charge in [-0.25, -0.2) is 0 Å². The Balaban J connectivity index is 2.04. The van der Waals surface area contributed by atoms with E-state index in [4.69, 9.17) is 11.6 Å². The van der Waals surface area contributed by atoms with Crippen LogP contribution < -0.4 is 0 Å². The van der Waals surface area contributed by atoms with Crippen molar-refractivity contribution in [1.82, 2.24) is 4.90 Å². The zero-order chi connectivity index (χ0) is 15.6. The van der Waals surface area contributed by atoms with Crippen LogP contribution >= 0.6 is 11.6 Å². The third-order valence-corrected chi connectivity index (χ3v) is 3.83. The molecular formula is C19H22ClNO. The number of hydrogen-bond donors (Lipinski definition) is 0. The van der Waals surface area contributed by atoms with Crippen LogP contribution in [-0.2, 0) is 17.9 Å². The molecule has 0 aliphatic rings. The van der Waals surface area contributed by atoms with Crippen LogP contribution in [0.4, 0.5) is 0 Å². The number of amides is 1. The fourth-order valence-corrected chi connectivity index (χ4v) is 2.56. The number of rotatable bonds is 8. The number of carbonyl (C=O) groups excluding carboxylic acids is 1. The van der Waals surface area contributed by atoms with Crippen molar-refractivity contribution >= 4 is 17.5 Å². The molecular weight excluding hydrogens is 294 g/mol. The van der Waals surface area contributed by atoms with Crippen LogP contribution in [0.25, 0.3) is 0 Å². The van der Waals surface area contributed by atoms with E-state index in [2.05, 4.69) is 24.3 Å². The summed E-state index contributed by atoms with van der Waals surface area (Å²) in [5, 5.41) is 0. The standard InChI is InChI=1S/C19H22ClNO/c20-14-8-7-13-19(22)21(15-17-9-3-1-4-10-17)16-18-11-5-2-6-12-18/h1-6,9-12H,7-8,13-16H2. The molecule has 2 aromatic carbocycles. The lowest BCUT2D eigenvalue weighted by molar-refractivity contribution is -0.132. The maximum absolute atomic E-state index is 12.5. The van der Waals surface area contributed by atoms with E-state index in [1.165, 1.54) is 0 Å². The van der Waals surface area contributed by atoms with E-state index in [0.29, 0.717) is 25.4 Å². The van der Waals surface area contributed by atoms with E-state index in [1.54, 1.807) is 0 Å². The van der Waals surface area contributed by atoms with Crippen LogP contribution in [0.2, 0.25) is 0 Å². The zero-order valence-electron chi connectivity index (χ0n) is 12.7.